The lowest BCUT2D eigenvalue weighted by Crippen LogP contribution is -2.50. The van der Waals surface area contributed by atoms with Gasteiger partial charge in [0.1, 0.15) is 6.04 Å². The molecule has 1 aliphatic heterocycles. The maximum absolute atomic E-state index is 13.7. The van der Waals surface area contributed by atoms with E-state index in [0.717, 1.165) is 26.5 Å². The molecule has 0 aliphatic carbocycles. The highest BCUT2D eigenvalue weighted by Gasteiger charge is 2.34. The molecule has 6 nitrogen and oxygen atoms in total. The van der Waals surface area contributed by atoms with Crippen molar-refractivity contribution in [3.63, 3.8) is 0 Å². The van der Waals surface area contributed by atoms with Crippen LogP contribution in [0.25, 0.3) is 10.8 Å². The number of hydrogen-bond donors (Lipinski definition) is 1. The fraction of sp³-hybridized carbons (Fsp3) is 0.179. The Labute approximate surface area is 230 Å². The molecule has 5 rings (SSSR count). The molecule has 0 bridgehead atoms. The lowest BCUT2D eigenvalue weighted by atomic mass is 10.1. The molecular weight excluding hydrogens is 574 g/mol. The minimum absolute atomic E-state index is 0.101. The number of nitrogens with zero attached hydrogens (tertiary/aromatic N) is 2. The van der Waals surface area contributed by atoms with E-state index in [1.54, 1.807) is 35.2 Å². The Morgan fingerprint density at radius 1 is 0.892 bits per heavy atom. The number of sulfonamides is 1. The molecule has 1 unspecified atom stereocenters. The highest BCUT2D eigenvalue weighted by Crippen LogP contribution is 2.25. The number of anilines is 1. The zero-order valence-electron chi connectivity index (χ0n) is 19.8. The summed E-state index contributed by atoms with van der Waals surface area (Å²) in [7, 11) is -3.98. The van der Waals surface area contributed by atoms with Crippen LogP contribution in [0.1, 0.15) is 5.56 Å². The lowest BCUT2D eigenvalue weighted by Gasteiger charge is -2.25. The van der Waals surface area contributed by atoms with Gasteiger partial charge in [0, 0.05) is 41.4 Å². The van der Waals surface area contributed by atoms with Crippen LogP contribution in [0.4, 0.5) is 5.69 Å². The van der Waals surface area contributed by atoms with Gasteiger partial charge in [-0.25, -0.2) is 8.42 Å². The van der Waals surface area contributed by atoms with Gasteiger partial charge in [0.05, 0.1) is 4.90 Å². The third-order valence-corrected chi connectivity index (χ3v) is 8.65. The molecule has 0 spiro atoms. The van der Waals surface area contributed by atoms with Crippen molar-refractivity contribution < 1.29 is 13.2 Å². The van der Waals surface area contributed by atoms with Crippen LogP contribution in [0, 0.1) is 0 Å². The van der Waals surface area contributed by atoms with Crippen LogP contribution in [0.3, 0.4) is 0 Å². The molecule has 1 heterocycles. The van der Waals surface area contributed by atoms with Crippen LogP contribution < -0.4 is 9.62 Å². The first-order valence-corrected chi connectivity index (χ1v) is 14.5. The first-order chi connectivity index (χ1) is 17.8. The number of rotatable bonds is 6. The maximum Gasteiger partial charge on any atom is 0.246 e. The van der Waals surface area contributed by atoms with Gasteiger partial charge in [-0.05, 0) is 64.9 Å². The summed E-state index contributed by atoms with van der Waals surface area (Å²) in [6.07, 6.45) is 0. The molecule has 0 radical (unpaired) electrons. The second-order valence-corrected chi connectivity index (χ2v) is 12.1. The number of fused-ring (bicyclic) bond motifs is 1. The van der Waals surface area contributed by atoms with E-state index in [1.807, 2.05) is 54.6 Å². The molecule has 4 aromatic carbocycles. The molecular formula is C28H25BrClN3O3S. The SMILES string of the molecule is O=C1C(NS(=O)(=O)c2ccc3cc(Cl)ccc3c2)CN(Cc2ccccc2)CCN1c1ccc(Br)cc1. The Bertz CT molecular complexity index is 1530. The second kappa shape index (κ2) is 10.9. The first-order valence-electron chi connectivity index (χ1n) is 11.8. The van der Waals surface area contributed by atoms with Gasteiger partial charge < -0.3 is 4.90 Å². The van der Waals surface area contributed by atoms with Gasteiger partial charge in [-0.15, -0.1) is 0 Å². The molecule has 1 amide bonds. The van der Waals surface area contributed by atoms with Crippen LogP contribution in [0.5, 0.6) is 0 Å². The van der Waals surface area contributed by atoms with Crippen LogP contribution in [0.2, 0.25) is 5.02 Å². The van der Waals surface area contributed by atoms with Crippen LogP contribution in [0.15, 0.2) is 100 Å². The Morgan fingerprint density at radius 2 is 1.59 bits per heavy atom. The number of amides is 1. The minimum atomic E-state index is -3.98. The summed E-state index contributed by atoms with van der Waals surface area (Å²) in [4.78, 5) is 17.6. The normalized spacial score (nSPS) is 17.2. The summed E-state index contributed by atoms with van der Waals surface area (Å²) in [6, 6.07) is 26.6. The Morgan fingerprint density at radius 3 is 2.35 bits per heavy atom. The minimum Gasteiger partial charge on any atom is -0.310 e. The predicted molar refractivity (Wildman–Crippen MR) is 151 cm³/mol. The van der Waals surface area contributed by atoms with Gasteiger partial charge in [0.2, 0.25) is 15.9 Å². The molecule has 9 heteroatoms. The monoisotopic (exact) mass is 597 g/mol. The molecule has 1 fully saturated rings. The molecule has 1 aliphatic rings. The largest absolute Gasteiger partial charge is 0.310 e. The number of halogens is 2. The topological polar surface area (TPSA) is 69.7 Å². The second-order valence-electron chi connectivity index (χ2n) is 9.01. The number of benzene rings is 4. The highest BCUT2D eigenvalue weighted by molar-refractivity contribution is 9.10. The molecule has 190 valence electrons. The number of hydrogen-bond acceptors (Lipinski definition) is 4. The molecule has 1 atom stereocenters. The van der Waals surface area contributed by atoms with E-state index >= 15 is 0 Å². The van der Waals surface area contributed by atoms with Gasteiger partial charge in [-0.2, -0.15) is 4.72 Å². The van der Waals surface area contributed by atoms with Gasteiger partial charge in [-0.3, -0.25) is 9.69 Å². The predicted octanol–water partition coefficient (Wildman–Crippen LogP) is 5.45. The Balaban J connectivity index is 1.45. The third kappa shape index (κ3) is 6.05. The molecule has 0 aromatic heterocycles. The average Bonchev–Trinajstić information content (AvgIpc) is 3.03. The van der Waals surface area contributed by atoms with Crippen LogP contribution >= 0.6 is 27.5 Å². The fourth-order valence-corrected chi connectivity index (χ4v) is 6.19. The summed E-state index contributed by atoms with van der Waals surface area (Å²) in [5.74, 6) is -0.283. The zero-order chi connectivity index (χ0) is 26.0. The Kier molecular flexibility index (Phi) is 7.65. The van der Waals surface area contributed by atoms with Crippen molar-refractivity contribution in [2.75, 3.05) is 24.5 Å². The molecule has 1 saturated heterocycles. The summed E-state index contributed by atoms with van der Waals surface area (Å²) in [5, 5.41) is 2.17. The van der Waals surface area contributed by atoms with E-state index < -0.39 is 16.1 Å². The van der Waals surface area contributed by atoms with Gasteiger partial charge in [0.25, 0.3) is 0 Å². The molecule has 4 aromatic rings. The van der Waals surface area contributed by atoms with E-state index in [9.17, 15) is 13.2 Å². The zero-order valence-corrected chi connectivity index (χ0v) is 23.0. The van der Waals surface area contributed by atoms with Gasteiger partial charge in [0.15, 0.2) is 0 Å². The summed E-state index contributed by atoms with van der Waals surface area (Å²) in [5.41, 5.74) is 1.82. The standard InChI is InChI=1S/C28H25BrClN3O3S/c29-23-8-11-25(12-9-23)33-15-14-32(18-20-4-2-1-3-5-20)19-27(28(33)34)31-37(35,36)26-13-7-21-16-24(30)10-6-22(21)17-26/h1-13,16-17,27,31H,14-15,18-19H2. The number of nitrogens with one attached hydrogen (secondary N) is 1. The van der Waals surface area contributed by atoms with Crippen molar-refractivity contribution in [1.29, 1.82) is 0 Å². The van der Waals surface area contributed by atoms with E-state index in [0.29, 0.717) is 24.7 Å². The molecule has 1 N–H and O–H groups in total. The highest BCUT2D eigenvalue weighted by atomic mass is 79.9. The van der Waals surface area contributed by atoms with Crippen molar-refractivity contribution in [2.45, 2.75) is 17.5 Å². The van der Waals surface area contributed by atoms with Crippen LogP contribution in [-0.2, 0) is 21.4 Å². The summed E-state index contributed by atoms with van der Waals surface area (Å²) in [6.45, 7) is 1.91. The Hall–Kier alpha value is -2.75. The fourth-order valence-electron chi connectivity index (χ4n) is 4.53. The van der Waals surface area contributed by atoms with Crippen molar-refractivity contribution in [3.05, 3.63) is 106 Å². The molecule has 0 saturated carbocycles. The number of carbonyl (C=O) groups excluding carboxylic acids is 1. The third-order valence-electron chi connectivity index (χ3n) is 6.41. The quantitative estimate of drug-likeness (QED) is 0.320. The summed E-state index contributed by atoms with van der Waals surface area (Å²) >= 11 is 9.51. The van der Waals surface area contributed by atoms with E-state index in [2.05, 4.69) is 25.6 Å². The first kappa shape index (κ1) is 25.9. The van der Waals surface area contributed by atoms with Crippen molar-refractivity contribution in [1.82, 2.24) is 9.62 Å². The van der Waals surface area contributed by atoms with Crippen molar-refractivity contribution in [3.8, 4) is 0 Å². The average molecular weight is 599 g/mol. The van der Waals surface area contributed by atoms with Gasteiger partial charge in [-0.1, -0.05) is 70.0 Å². The van der Waals surface area contributed by atoms with E-state index in [-0.39, 0.29) is 17.3 Å². The van der Waals surface area contributed by atoms with Crippen molar-refractivity contribution in [2.24, 2.45) is 0 Å². The lowest BCUT2D eigenvalue weighted by molar-refractivity contribution is -0.120. The van der Waals surface area contributed by atoms with Gasteiger partial charge >= 0.3 is 0 Å². The van der Waals surface area contributed by atoms with Crippen molar-refractivity contribution >= 4 is 59.9 Å². The smallest absolute Gasteiger partial charge is 0.246 e. The summed E-state index contributed by atoms with van der Waals surface area (Å²) < 4.78 is 30.6. The van der Waals surface area contributed by atoms with E-state index in [4.69, 9.17) is 11.6 Å². The number of carbonyl (C=O) groups is 1. The molecule has 37 heavy (non-hydrogen) atoms. The maximum atomic E-state index is 13.7. The van der Waals surface area contributed by atoms with Crippen LogP contribution in [-0.4, -0.2) is 44.9 Å². The van der Waals surface area contributed by atoms with E-state index in [1.165, 1.54) is 6.07 Å².